The van der Waals surface area contributed by atoms with Crippen molar-refractivity contribution in [2.24, 2.45) is 7.05 Å². The number of hydrogen-bond acceptors (Lipinski definition) is 7. The molecule has 2 aromatic carbocycles. The van der Waals surface area contributed by atoms with Gasteiger partial charge in [-0.2, -0.15) is 0 Å². The summed E-state index contributed by atoms with van der Waals surface area (Å²) in [5, 5.41) is 5.12. The fourth-order valence-corrected chi connectivity index (χ4v) is 3.49. The summed E-state index contributed by atoms with van der Waals surface area (Å²) < 4.78 is 35.2. The number of rotatable bonds is 6. The van der Waals surface area contributed by atoms with Crippen LogP contribution in [-0.4, -0.2) is 55.0 Å². The van der Waals surface area contributed by atoms with E-state index in [0.717, 1.165) is 43.1 Å². The molecule has 0 spiro atoms. The SMILES string of the molecule is CN1C(=O)c2cccc3c(NCCCn4cc[n+](C)c4)ccc(c23)C1=O.COS(=O)(=O)[O-]. The van der Waals surface area contributed by atoms with Gasteiger partial charge in [-0.05, 0) is 18.2 Å². The van der Waals surface area contributed by atoms with Crippen LogP contribution in [0.25, 0.3) is 10.8 Å². The molecule has 0 unspecified atom stereocenters. The smallest absolute Gasteiger partial charge is 0.261 e. The van der Waals surface area contributed by atoms with Gasteiger partial charge >= 0.3 is 0 Å². The van der Waals surface area contributed by atoms with Crippen LogP contribution < -0.4 is 9.88 Å². The number of aromatic nitrogens is 2. The van der Waals surface area contributed by atoms with Gasteiger partial charge in [-0.1, -0.05) is 12.1 Å². The Labute approximate surface area is 186 Å². The second kappa shape index (κ2) is 9.47. The lowest BCUT2D eigenvalue weighted by Gasteiger charge is -2.24. The Bertz CT molecular complexity index is 1250. The lowest BCUT2D eigenvalue weighted by Crippen LogP contribution is -2.36. The van der Waals surface area contributed by atoms with E-state index in [4.69, 9.17) is 0 Å². The summed E-state index contributed by atoms with van der Waals surface area (Å²) in [5.41, 5.74) is 2.12. The van der Waals surface area contributed by atoms with Crippen molar-refractivity contribution in [3.05, 3.63) is 60.2 Å². The second-order valence-electron chi connectivity index (χ2n) is 7.23. The minimum atomic E-state index is -4.41. The Morgan fingerprint density at radius 2 is 1.78 bits per heavy atom. The average Bonchev–Trinajstić information content (AvgIpc) is 3.18. The van der Waals surface area contributed by atoms with Crippen LogP contribution in [0, 0.1) is 0 Å². The van der Waals surface area contributed by atoms with Gasteiger partial charge in [-0.3, -0.25) is 18.7 Å². The molecule has 1 aromatic heterocycles. The molecule has 0 fully saturated rings. The zero-order valence-corrected chi connectivity index (χ0v) is 18.8. The van der Waals surface area contributed by atoms with Gasteiger partial charge in [-0.15, -0.1) is 0 Å². The van der Waals surface area contributed by atoms with Gasteiger partial charge in [0.25, 0.3) is 11.8 Å². The molecular formula is C21H24N4O6S. The molecule has 4 rings (SSSR count). The minimum Gasteiger partial charge on any atom is -0.726 e. The third-order valence-electron chi connectivity index (χ3n) is 5.05. The van der Waals surface area contributed by atoms with Crippen LogP contribution in [0.5, 0.6) is 0 Å². The number of aryl methyl sites for hydroxylation is 2. The van der Waals surface area contributed by atoms with Crippen molar-refractivity contribution in [3.8, 4) is 0 Å². The number of carbonyl (C=O) groups excluding carboxylic acids is 2. The molecule has 0 saturated carbocycles. The van der Waals surface area contributed by atoms with Crippen LogP contribution in [0.2, 0.25) is 0 Å². The van der Waals surface area contributed by atoms with E-state index in [1.807, 2.05) is 42.1 Å². The number of amides is 2. The maximum atomic E-state index is 12.4. The highest BCUT2D eigenvalue weighted by Gasteiger charge is 2.30. The molecule has 1 aliphatic heterocycles. The summed E-state index contributed by atoms with van der Waals surface area (Å²) >= 11 is 0. The van der Waals surface area contributed by atoms with Crippen molar-refractivity contribution >= 4 is 38.7 Å². The predicted molar refractivity (Wildman–Crippen MR) is 116 cm³/mol. The van der Waals surface area contributed by atoms with E-state index < -0.39 is 10.4 Å². The van der Waals surface area contributed by atoms with Crippen molar-refractivity contribution in [2.45, 2.75) is 13.0 Å². The zero-order valence-electron chi connectivity index (χ0n) is 17.9. The molecule has 1 N–H and O–H groups in total. The van der Waals surface area contributed by atoms with E-state index in [0.29, 0.717) is 11.1 Å². The van der Waals surface area contributed by atoms with Crippen LogP contribution in [0.3, 0.4) is 0 Å². The predicted octanol–water partition coefficient (Wildman–Crippen LogP) is 1.29. The average molecular weight is 461 g/mol. The van der Waals surface area contributed by atoms with Crippen molar-refractivity contribution in [2.75, 3.05) is 26.0 Å². The molecule has 0 radical (unpaired) electrons. The zero-order chi connectivity index (χ0) is 23.5. The van der Waals surface area contributed by atoms with E-state index >= 15 is 0 Å². The number of imidazole rings is 1. The van der Waals surface area contributed by atoms with Crippen molar-refractivity contribution in [1.29, 1.82) is 0 Å². The lowest BCUT2D eigenvalue weighted by molar-refractivity contribution is -0.671. The quantitative estimate of drug-likeness (QED) is 0.193. The summed E-state index contributed by atoms with van der Waals surface area (Å²) in [7, 11) is -0.0725. The van der Waals surface area contributed by atoms with Gasteiger partial charge in [0.05, 0.1) is 20.7 Å². The Hall–Kier alpha value is -3.28. The van der Waals surface area contributed by atoms with Gasteiger partial charge in [0.1, 0.15) is 12.4 Å². The van der Waals surface area contributed by atoms with Gasteiger partial charge < -0.3 is 9.87 Å². The molecule has 0 bridgehead atoms. The molecule has 0 aliphatic carbocycles. The van der Waals surface area contributed by atoms with Gasteiger partial charge in [0.15, 0.2) is 0 Å². The molecule has 2 heterocycles. The third-order valence-corrected chi connectivity index (χ3v) is 5.46. The first-order chi connectivity index (χ1) is 15.1. The minimum absolute atomic E-state index is 0.245. The van der Waals surface area contributed by atoms with Crippen LogP contribution >= 0.6 is 0 Å². The maximum Gasteiger partial charge on any atom is 0.261 e. The standard InChI is InChI=1S/C20H20N4O2.CH4O4S/c1-22-11-12-24(13-22)10-4-9-21-17-8-7-16-18-14(17)5-3-6-15(18)19(25)23(2)20(16)26;1-5-6(2,3)4/h3,5-8,11-13H,4,9-10H2,1-2H3;1H3,(H,2,3,4). The lowest BCUT2D eigenvalue weighted by atomic mass is 9.93. The van der Waals surface area contributed by atoms with Crippen LogP contribution in [-0.2, 0) is 28.2 Å². The van der Waals surface area contributed by atoms with Crippen LogP contribution in [0.15, 0.2) is 49.1 Å². The fourth-order valence-electron chi connectivity index (χ4n) is 3.49. The second-order valence-corrected chi connectivity index (χ2v) is 8.38. The first kappa shape index (κ1) is 23.4. The van der Waals surface area contributed by atoms with E-state index in [-0.39, 0.29) is 11.8 Å². The Morgan fingerprint density at radius 1 is 1.12 bits per heavy atom. The summed E-state index contributed by atoms with van der Waals surface area (Å²) in [6.07, 6.45) is 7.09. The highest BCUT2D eigenvalue weighted by atomic mass is 32.3. The Kier molecular flexibility index (Phi) is 6.92. The molecule has 3 aromatic rings. The fraction of sp³-hybridized carbons (Fsp3) is 0.286. The van der Waals surface area contributed by atoms with Gasteiger partial charge in [-0.25, -0.2) is 17.6 Å². The first-order valence-electron chi connectivity index (χ1n) is 9.77. The Morgan fingerprint density at radius 3 is 2.38 bits per heavy atom. The molecule has 1 aliphatic rings. The largest absolute Gasteiger partial charge is 0.726 e. The molecule has 10 nitrogen and oxygen atoms in total. The summed E-state index contributed by atoms with van der Waals surface area (Å²) in [6, 6.07) is 9.35. The van der Waals surface area contributed by atoms with Gasteiger partial charge in [0.2, 0.25) is 16.7 Å². The topological polar surface area (TPSA) is 125 Å². The number of nitrogens with zero attached hydrogens (tertiary/aromatic N) is 3. The number of anilines is 1. The van der Waals surface area contributed by atoms with E-state index in [1.54, 1.807) is 6.07 Å². The molecule has 170 valence electrons. The number of benzene rings is 2. The van der Waals surface area contributed by atoms with E-state index in [1.165, 1.54) is 11.9 Å². The molecule has 11 heteroatoms. The normalized spacial score (nSPS) is 13.2. The van der Waals surface area contributed by atoms with E-state index in [9.17, 15) is 22.6 Å². The summed E-state index contributed by atoms with van der Waals surface area (Å²) in [5.74, 6) is -0.489. The Balaban J connectivity index is 0.000000427. The van der Waals surface area contributed by atoms with Crippen molar-refractivity contribution < 1.29 is 31.3 Å². The molecule has 32 heavy (non-hydrogen) atoms. The van der Waals surface area contributed by atoms with Gasteiger partial charge in [0, 0.05) is 47.6 Å². The summed E-state index contributed by atoms with van der Waals surface area (Å²) in [4.78, 5) is 26.0. The number of imide groups is 1. The van der Waals surface area contributed by atoms with Crippen LogP contribution in [0.4, 0.5) is 5.69 Å². The molecular weight excluding hydrogens is 436 g/mol. The monoisotopic (exact) mass is 460 g/mol. The first-order valence-corrected chi connectivity index (χ1v) is 11.1. The number of carbonyl (C=O) groups is 2. The number of nitrogens with one attached hydrogen (secondary N) is 1. The third kappa shape index (κ3) is 5.13. The van der Waals surface area contributed by atoms with Crippen molar-refractivity contribution in [1.82, 2.24) is 9.47 Å². The van der Waals surface area contributed by atoms with E-state index in [2.05, 4.69) is 26.6 Å². The van der Waals surface area contributed by atoms with Crippen LogP contribution in [0.1, 0.15) is 27.1 Å². The summed E-state index contributed by atoms with van der Waals surface area (Å²) in [6.45, 7) is 1.74. The highest BCUT2D eigenvalue weighted by molar-refractivity contribution is 7.80. The molecule has 2 amide bonds. The number of hydrogen-bond donors (Lipinski definition) is 1. The van der Waals surface area contributed by atoms with Crippen molar-refractivity contribution in [3.63, 3.8) is 0 Å². The molecule has 0 saturated heterocycles. The molecule has 0 atom stereocenters. The maximum absolute atomic E-state index is 12.4. The highest BCUT2D eigenvalue weighted by Crippen LogP contribution is 2.33.